The van der Waals surface area contributed by atoms with Gasteiger partial charge >= 0.3 is 0 Å². The van der Waals surface area contributed by atoms with Crippen LogP contribution in [0.1, 0.15) is 34.6 Å². The maximum atomic E-state index is 2.66. The Morgan fingerprint density at radius 2 is 1.92 bits per heavy atom. The van der Waals surface area contributed by atoms with E-state index in [0.717, 1.165) is 6.04 Å². The fraction of sp³-hybridized carbons (Fsp3) is 1.00. The largest absolute Gasteiger partial charge is 0.296 e. The Labute approximate surface area is 87.3 Å². The maximum Gasteiger partial charge on any atom is 0.0237 e. The molecular weight excluding hydrogens is 178 g/mol. The molecule has 2 heteroatoms. The van der Waals surface area contributed by atoms with Gasteiger partial charge in [0.25, 0.3) is 0 Å². The highest BCUT2D eigenvalue weighted by molar-refractivity contribution is 7.99. The van der Waals surface area contributed by atoms with Crippen molar-refractivity contribution >= 4 is 11.8 Å². The van der Waals surface area contributed by atoms with Crippen molar-refractivity contribution in [3.63, 3.8) is 0 Å². The van der Waals surface area contributed by atoms with Crippen molar-refractivity contribution in [3.8, 4) is 0 Å². The molecule has 1 saturated heterocycles. The lowest BCUT2D eigenvalue weighted by Gasteiger charge is -2.45. The van der Waals surface area contributed by atoms with Crippen molar-refractivity contribution in [2.75, 3.05) is 18.1 Å². The number of nitrogens with zero attached hydrogens (tertiary/aromatic N) is 1. The fourth-order valence-corrected chi connectivity index (χ4v) is 3.40. The molecule has 1 heterocycles. The van der Waals surface area contributed by atoms with Gasteiger partial charge in [-0.15, -0.1) is 0 Å². The molecule has 0 aromatic rings. The number of rotatable bonds is 1. The predicted molar refractivity (Wildman–Crippen MR) is 62.4 cm³/mol. The minimum atomic E-state index is 0.428. The summed E-state index contributed by atoms with van der Waals surface area (Å²) in [5.41, 5.74) is 0.428. The Morgan fingerprint density at radius 1 is 1.31 bits per heavy atom. The van der Waals surface area contributed by atoms with E-state index in [2.05, 4.69) is 51.3 Å². The second kappa shape index (κ2) is 4.22. The second-order valence-corrected chi connectivity index (χ2v) is 6.44. The minimum Gasteiger partial charge on any atom is -0.296 e. The van der Waals surface area contributed by atoms with Crippen molar-refractivity contribution in [3.05, 3.63) is 0 Å². The quantitative estimate of drug-likeness (QED) is 0.642. The minimum absolute atomic E-state index is 0.428. The molecule has 0 radical (unpaired) electrons. The summed E-state index contributed by atoms with van der Waals surface area (Å²) in [6.45, 7) is 13.0. The van der Waals surface area contributed by atoms with Gasteiger partial charge in [-0.05, 0) is 19.3 Å². The van der Waals surface area contributed by atoms with E-state index in [1.807, 2.05) is 0 Å². The number of hydrogen-bond acceptors (Lipinski definition) is 2. The molecule has 0 aromatic carbocycles. The van der Waals surface area contributed by atoms with Crippen molar-refractivity contribution < 1.29 is 0 Å². The van der Waals surface area contributed by atoms with Crippen LogP contribution in [0, 0.1) is 5.41 Å². The Hall–Kier alpha value is 0.310. The first kappa shape index (κ1) is 11.4. The Morgan fingerprint density at radius 3 is 2.31 bits per heavy atom. The van der Waals surface area contributed by atoms with Gasteiger partial charge < -0.3 is 0 Å². The van der Waals surface area contributed by atoms with Crippen LogP contribution in [0.2, 0.25) is 0 Å². The lowest BCUT2D eigenvalue weighted by atomic mass is 9.86. The normalized spacial score (nSPS) is 26.8. The van der Waals surface area contributed by atoms with Gasteiger partial charge in [0, 0.05) is 30.1 Å². The third kappa shape index (κ3) is 2.88. The first-order valence-electron chi connectivity index (χ1n) is 5.26. The molecule has 0 unspecified atom stereocenters. The Bertz CT molecular complexity index is 160. The molecule has 1 fully saturated rings. The molecule has 0 aromatic heterocycles. The molecule has 0 amide bonds. The maximum absolute atomic E-state index is 2.66. The molecule has 1 atom stereocenters. The molecule has 1 aliphatic rings. The third-order valence-corrected chi connectivity index (χ3v) is 3.86. The van der Waals surface area contributed by atoms with Crippen LogP contribution >= 0.6 is 11.8 Å². The van der Waals surface area contributed by atoms with Crippen molar-refractivity contribution in [1.29, 1.82) is 0 Å². The van der Waals surface area contributed by atoms with Crippen LogP contribution in [-0.2, 0) is 0 Å². The van der Waals surface area contributed by atoms with Gasteiger partial charge in [-0.25, -0.2) is 0 Å². The van der Waals surface area contributed by atoms with Gasteiger partial charge in [0.15, 0.2) is 0 Å². The van der Waals surface area contributed by atoms with E-state index in [0.29, 0.717) is 11.5 Å². The average Bonchev–Trinajstić information content (AvgIpc) is 2.03. The molecular formula is C11H23NS. The second-order valence-electron chi connectivity index (χ2n) is 5.29. The van der Waals surface area contributed by atoms with E-state index in [9.17, 15) is 0 Å². The zero-order valence-corrected chi connectivity index (χ0v) is 10.4. The molecule has 78 valence electrons. The zero-order chi connectivity index (χ0) is 10.1. The van der Waals surface area contributed by atoms with Gasteiger partial charge in [0.05, 0.1) is 0 Å². The summed E-state index contributed by atoms with van der Waals surface area (Å²) in [6.07, 6.45) is 0. The van der Waals surface area contributed by atoms with Gasteiger partial charge in [-0.2, -0.15) is 11.8 Å². The molecule has 1 rings (SSSR count). The van der Waals surface area contributed by atoms with E-state index in [1.54, 1.807) is 0 Å². The molecule has 0 spiro atoms. The van der Waals surface area contributed by atoms with Crippen molar-refractivity contribution in [1.82, 2.24) is 4.90 Å². The van der Waals surface area contributed by atoms with E-state index >= 15 is 0 Å². The molecule has 0 bridgehead atoms. The predicted octanol–water partition coefficient (Wildman–Crippen LogP) is 2.86. The molecule has 0 saturated carbocycles. The SMILES string of the molecule is CC(C)N1CCSC[C@@H]1C(C)(C)C. The van der Waals surface area contributed by atoms with Crippen LogP contribution in [0.15, 0.2) is 0 Å². The monoisotopic (exact) mass is 201 g/mol. The molecule has 13 heavy (non-hydrogen) atoms. The summed E-state index contributed by atoms with van der Waals surface area (Å²) < 4.78 is 0. The van der Waals surface area contributed by atoms with E-state index in [4.69, 9.17) is 0 Å². The highest BCUT2D eigenvalue weighted by Gasteiger charge is 2.33. The van der Waals surface area contributed by atoms with E-state index in [1.165, 1.54) is 18.1 Å². The summed E-state index contributed by atoms with van der Waals surface area (Å²) in [7, 11) is 0. The lowest BCUT2D eigenvalue weighted by molar-refractivity contribution is 0.0890. The molecule has 1 nitrogen and oxygen atoms in total. The van der Waals surface area contributed by atoms with Crippen LogP contribution in [-0.4, -0.2) is 35.0 Å². The van der Waals surface area contributed by atoms with Crippen LogP contribution in [0.3, 0.4) is 0 Å². The Balaban J connectivity index is 2.67. The summed E-state index contributed by atoms with van der Waals surface area (Å²) in [4.78, 5) is 2.66. The summed E-state index contributed by atoms with van der Waals surface area (Å²) >= 11 is 2.11. The van der Waals surface area contributed by atoms with Crippen LogP contribution < -0.4 is 0 Å². The number of thioether (sulfide) groups is 1. The standard InChI is InChI=1S/C11H23NS/c1-9(2)12-6-7-13-8-10(12)11(3,4)5/h9-10H,6-8H2,1-5H3/t10-/m1/s1. The van der Waals surface area contributed by atoms with Crippen LogP contribution in [0.5, 0.6) is 0 Å². The average molecular weight is 201 g/mol. The van der Waals surface area contributed by atoms with Gasteiger partial charge in [-0.1, -0.05) is 20.8 Å². The highest BCUT2D eigenvalue weighted by Crippen LogP contribution is 2.31. The molecule has 0 aliphatic carbocycles. The molecule has 0 N–H and O–H groups in total. The molecule has 1 aliphatic heterocycles. The lowest BCUT2D eigenvalue weighted by Crippen LogP contribution is -2.52. The van der Waals surface area contributed by atoms with Gasteiger partial charge in [0.2, 0.25) is 0 Å². The summed E-state index contributed by atoms with van der Waals surface area (Å²) in [5.74, 6) is 2.62. The van der Waals surface area contributed by atoms with E-state index < -0.39 is 0 Å². The van der Waals surface area contributed by atoms with Gasteiger partial charge in [0.1, 0.15) is 0 Å². The topological polar surface area (TPSA) is 3.24 Å². The van der Waals surface area contributed by atoms with E-state index in [-0.39, 0.29) is 0 Å². The van der Waals surface area contributed by atoms with Crippen LogP contribution in [0.4, 0.5) is 0 Å². The first-order chi connectivity index (χ1) is 5.93. The van der Waals surface area contributed by atoms with Crippen molar-refractivity contribution in [2.45, 2.75) is 46.7 Å². The zero-order valence-electron chi connectivity index (χ0n) is 9.63. The summed E-state index contributed by atoms with van der Waals surface area (Å²) in [5, 5.41) is 0. The highest BCUT2D eigenvalue weighted by atomic mass is 32.2. The fourth-order valence-electron chi connectivity index (χ4n) is 1.98. The first-order valence-corrected chi connectivity index (χ1v) is 6.42. The smallest absolute Gasteiger partial charge is 0.0237 e. The summed E-state index contributed by atoms with van der Waals surface area (Å²) in [6, 6.07) is 1.45. The Kier molecular flexibility index (Phi) is 3.70. The van der Waals surface area contributed by atoms with Crippen LogP contribution in [0.25, 0.3) is 0 Å². The third-order valence-electron chi connectivity index (χ3n) is 2.83. The number of hydrogen-bond donors (Lipinski definition) is 0. The van der Waals surface area contributed by atoms with Gasteiger partial charge in [-0.3, -0.25) is 4.90 Å². The van der Waals surface area contributed by atoms with Crippen molar-refractivity contribution in [2.24, 2.45) is 5.41 Å².